The van der Waals surface area contributed by atoms with E-state index in [0.717, 1.165) is 24.5 Å². The average Bonchev–Trinajstić information content (AvgIpc) is 2.84. The Labute approximate surface area is 103 Å². The topological polar surface area (TPSA) is 36.4 Å². The lowest BCUT2D eigenvalue weighted by Gasteiger charge is -2.26. The predicted molar refractivity (Wildman–Crippen MR) is 70.0 cm³/mol. The van der Waals surface area contributed by atoms with Gasteiger partial charge in [-0.2, -0.15) is 0 Å². The van der Waals surface area contributed by atoms with E-state index in [2.05, 4.69) is 23.7 Å². The van der Waals surface area contributed by atoms with Gasteiger partial charge in [0.25, 0.3) is 0 Å². The zero-order valence-electron chi connectivity index (χ0n) is 10.8. The summed E-state index contributed by atoms with van der Waals surface area (Å²) in [5.74, 6) is 1.05. The van der Waals surface area contributed by atoms with E-state index >= 15 is 0 Å². The van der Waals surface area contributed by atoms with Gasteiger partial charge in [-0.05, 0) is 36.3 Å². The van der Waals surface area contributed by atoms with Gasteiger partial charge in [0.05, 0.1) is 6.61 Å². The zero-order chi connectivity index (χ0) is 12.3. The highest BCUT2D eigenvalue weighted by Crippen LogP contribution is 2.38. The normalized spacial score (nSPS) is 18.6. The lowest BCUT2D eigenvalue weighted by atomic mass is 9.82. The van der Waals surface area contributed by atoms with Gasteiger partial charge in [0.1, 0.15) is 5.82 Å². The molecule has 94 valence electrons. The predicted octanol–water partition coefficient (Wildman–Crippen LogP) is 2.59. The molecular formula is C14H22N2O. The first-order chi connectivity index (χ1) is 8.23. The fourth-order valence-electron chi connectivity index (χ4n) is 2.66. The smallest absolute Gasteiger partial charge is 0.128 e. The van der Waals surface area contributed by atoms with E-state index < -0.39 is 0 Å². The van der Waals surface area contributed by atoms with Gasteiger partial charge >= 0.3 is 0 Å². The van der Waals surface area contributed by atoms with Crippen molar-refractivity contribution in [2.24, 2.45) is 5.41 Å². The summed E-state index contributed by atoms with van der Waals surface area (Å²) in [7, 11) is 0. The first-order valence-corrected chi connectivity index (χ1v) is 6.54. The molecule has 1 saturated heterocycles. The summed E-state index contributed by atoms with van der Waals surface area (Å²) in [6, 6.07) is 3.98. The van der Waals surface area contributed by atoms with Crippen LogP contribution in [0.3, 0.4) is 0 Å². The van der Waals surface area contributed by atoms with Crippen LogP contribution in [-0.2, 0) is 6.61 Å². The lowest BCUT2D eigenvalue weighted by Crippen LogP contribution is -2.26. The van der Waals surface area contributed by atoms with E-state index in [4.69, 9.17) is 5.11 Å². The van der Waals surface area contributed by atoms with Gasteiger partial charge in [-0.1, -0.05) is 19.9 Å². The first kappa shape index (κ1) is 12.4. The van der Waals surface area contributed by atoms with Crippen LogP contribution >= 0.6 is 0 Å². The fraction of sp³-hybridized carbons (Fsp3) is 0.643. The van der Waals surface area contributed by atoms with Gasteiger partial charge in [0, 0.05) is 19.3 Å². The SMILES string of the molecule is CCC1(CC)CCN(c2ccc(CO)cn2)C1. The van der Waals surface area contributed by atoms with Crippen molar-refractivity contribution < 1.29 is 5.11 Å². The third-order valence-corrected chi connectivity index (χ3v) is 4.25. The Balaban J connectivity index is 2.09. The standard InChI is InChI=1S/C14H22N2O/c1-3-14(4-2)7-8-16(11-14)13-6-5-12(10-17)9-15-13/h5-6,9,17H,3-4,7-8,10-11H2,1-2H3. The third kappa shape index (κ3) is 2.44. The molecular weight excluding hydrogens is 212 g/mol. The number of rotatable bonds is 4. The van der Waals surface area contributed by atoms with E-state index in [1.165, 1.54) is 19.3 Å². The Morgan fingerprint density at radius 3 is 2.59 bits per heavy atom. The molecule has 0 amide bonds. The molecule has 1 fully saturated rings. The minimum Gasteiger partial charge on any atom is -0.392 e. The van der Waals surface area contributed by atoms with Gasteiger partial charge in [-0.25, -0.2) is 4.98 Å². The minimum absolute atomic E-state index is 0.0706. The summed E-state index contributed by atoms with van der Waals surface area (Å²) in [6.07, 6.45) is 5.53. The third-order valence-electron chi connectivity index (χ3n) is 4.25. The van der Waals surface area contributed by atoms with Crippen LogP contribution in [0.5, 0.6) is 0 Å². The monoisotopic (exact) mass is 234 g/mol. The largest absolute Gasteiger partial charge is 0.392 e. The molecule has 3 heteroatoms. The van der Waals surface area contributed by atoms with Gasteiger partial charge in [0.15, 0.2) is 0 Å². The Kier molecular flexibility index (Phi) is 3.67. The molecule has 0 radical (unpaired) electrons. The maximum Gasteiger partial charge on any atom is 0.128 e. The molecule has 0 atom stereocenters. The van der Waals surface area contributed by atoms with Crippen LogP contribution in [0.15, 0.2) is 18.3 Å². The van der Waals surface area contributed by atoms with E-state index in [-0.39, 0.29) is 6.61 Å². The molecule has 0 aliphatic carbocycles. The second kappa shape index (κ2) is 5.05. The molecule has 1 aliphatic heterocycles. The van der Waals surface area contributed by atoms with Crippen LogP contribution in [-0.4, -0.2) is 23.2 Å². The quantitative estimate of drug-likeness (QED) is 0.870. The maximum atomic E-state index is 9.00. The van der Waals surface area contributed by atoms with Crippen molar-refractivity contribution in [2.45, 2.75) is 39.7 Å². The Morgan fingerprint density at radius 1 is 1.35 bits per heavy atom. The zero-order valence-corrected chi connectivity index (χ0v) is 10.8. The summed E-state index contributed by atoms with van der Waals surface area (Å²) < 4.78 is 0. The maximum absolute atomic E-state index is 9.00. The van der Waals surface area contributed by atoms with Gasteiger partial charge < -0.3 is 10.0 Å². The second-order valence-corrected chi connectivity index (χ2v) is 5.06. The van der Waals surface area contributed by atoms with Gasteiger partial charge in [-0.3, -0.25) is 0 Å². The van der Waals surface area contributed by atoms with E-state index in [1.807, 2.05) is 12.1 Å². The molecule has 2 heterocycles. The number of pyridine rings is 1. The van der Waals surface area contributed by atoms with Crippen molar-refractivity contribution in [2.75, 3.05) is 18.0 Å². The molecule has 3 nitrogen and oxygen atoms in total. The molecule has 1 aromatic rings. The highest BCUT2D eigenvalue weighted by atomic mass is 16.3. The van der Waals surface area contributed by atoms with Crippen LogP contribution in [0.4, 0.5) is 5.82 Å². The molecule has 0 saturated carbocycles. The van der Waals surface area contributed by atoms with Crippen molar-refractivity contribution in [1.82, 2.24) is 4.98 Å². The highest BCUT2D eigenvalue weighted by Gasteiger charge is 2.35. The van der Waals surface area contributed by atoms with Crippen molar-refractivity contribution in [3.05, 3.63) is 23.9 Å². The molecule has 0 bridgehead atoms. The molecule has 1 N–H and O–H groups in total. The number of anilines is 1. The molecule has 0 unspecified atom stereocenters. The molecule has 0 aromatic carbocycles. The molecule has 1 aliphatic rings. The minimum atomic E-state index is 0.0706. The van der Waals surface area contributed by atoms with E-state index in [9.17, 15) is 0 Å². The van der Waals surface area contributed by atoms with Crippen LogP contribution in [0.1, 0.15) is 38.7 Å². The Morgan fingerprint density at radius 2 is 2.12 bits per heavy atom. The number of hydrogen-bond donors (Lipinski definition) is 1. The number of hydrogen-bond acceptors (Lipinski definition) is 3. The molecule has 17 heavy (non-hydrogen) atoms. The van der Waals surface area contributed by atoms with Crippen LogP contribution in [0.2, 0.25) is 0 Å². The summed E-state index contributed by atoms with van der Waals surface area (Å²) in [5, 5.41) is 9.00. The number of aromatic nitrogens is 1. The van der Waals surface area contributed by atoms with Crippen LogP contribution in [0.25, 0.3) is 0 Å². The first-order valence-electron chi connectivity index (χ1n) is 6.54. The van der Waals surface area contributed by atoms with Crippen LogP contribution in [0, 0.1) is 5.41 Å². The molecule has 1 aromatic heterocycles. The summed E-state index contributed by atoms with van der Waals surface area (Å²) in [6.45, 7) is 6.87. The lowest BCUT2D eigenvalue weighted by molar-refractivity contribution is 0.281. The Hall–Kier alpha value is -1.09. The summed E-state index contributed by atoms with van der Waals surface area (Å²) >= 11 is 0. The number of aliphatic hydroxyl groups is 1. The number of nitrogens with zero attached hydrogens (tertiary/aromatic N) is 2. The molecule has 2 rings (SSSR count). The van der Waals surface area contributed by atoms with Crippen molar-refractivity contribution in [1.29, 1.82) is 0 Å². The van der Waals surface area contributed by atoms with Gasteiger partial charge in [0.2, 0.25) is 0 Å². The summed E-state index contributed by atoms with van der Waals surface area (Å²) in [5.41, 5.74) is 1.36. The van der Waals surface area contributed by atoms with Crippen LogP contribution < -0.4 is 4.90 Å². The fourth-order valence-corrected chi connectivity index (χ4v) is 2.66. The van der Waals surface area contributed by atoms with Crippen molar-refractivity contribution >= 4 is 5.82 Å². The van der Waals surface area contributed by atoms with Gasteiger partial charge in [-0.15, -0.1) is 0 Å². The number of aliphatic hydroxyl groups excluding tert-OH is 1. The summed E-state index contributed by atoms with van der Waals surface area (Å²) in [4.78, 5) is 6.80. The Bertz CT molecular complexity index is 357. The van der Waals surface area contributed by atoms with E-state index in [1.54, 1.807) is 6.20 Å². The van der Waals surface area contributed by atoms with Crippen molar-refractivity contribution in [3.63, 3.8) is 0 Å². The average molecular weight is 234 g/mol. The van der Waals surface area contributed by atoms with Crippen molar-refractivity contribution in [3.8, 4) is 0 Å². The van der Waals surface area contributed by atoms with E-state index in [0.29, 0.717) is 5.41 Å². The molecule has 0 spiro atoms. The highest BCUT2D eigenvalue weighted by molar-refractivity contribution is 5.41. The second-order valence-electron chi connectivity index (χ2n) is 5.06.